The first-order valence-corrected chi connectivity index (χ1v) is 4.78. The van der Waals surface area contributed by atoms with Gasteiger partial charge in [0.05, 0.1) is 15.8 Å². The SMILES string of the molecule is Cc1ccc2ncc([N+](=O)[O-])c(Cl)c2c1F. The minimum absolute atomic E-state index is 0.00383. The van der Waals surface area contributed by atoms with E-state index in [1.54, 1.807) is 19.1 Å². The molecule has 0 N–H and O–H groups in total. The average molecular weight is 241 g/mol. The number of hydrogen-bond acceptors (Lipinski definition) is 3. The topological polar surface area (TPSA) is 56.0 Å². The fourth-order valence-corrected chi connectivity index (χ4v) is 1.73. The highest BCUT2D eigenvalue weighted by atomic mass is 35.5. The largest absolute Gasteiger partial charge is 0.306 e. The van der Waals surface area contributed by atoms with Gasteiger partial charge in [0.15, 0.2) is 0 Å². The zero-order valence-electron chi connectivity index (χ0n) is 8.20. The van der Waals surface area contributed by atoms with Crippen LogP contribution in [0.5, 0.6) is 0 Å². The van der Waals surface area contributed by atoms with Crippen molar-refractivity contribution in [1.29, 1.82) is 0 Å². The van der Waals surface area contributed by atoms with Crippen LogP contribution in [0.3, 0.4) is 0 Å². The lowest BCUT2D eigenvalue weighted by molar-refractivity contribution is -0.384. The molecule has 6 heteroatoms. The van der Waals surface area contributed by atoms with E-state index in [-0.39, 0.29) is 10.4 Å². The first kappa shape index (κ1) is 10.8. The van der Waals surface area contributed by atoms with Gasteiger partial charge in [0.25, 0.3) is 0 Å². The van der Waals surface area contributed by atoms with E-state index in [2.05, 4.69) is 4.98 Å². The molecular formula is C10H6ClFN2O2. The summed E-state index contributed by atoms with van der Waals surface area (Å²) in [6, 6.07) is 3.12. The number of hydrogen-bond donors (Lipinski definition) is 0. The average Bonchev–Trinajstić information content (AvgIpc) is 2.23. The number of halogens is 2. The zero-order chi connectivity index (χ0) is 11.9. The van der Waals surface area contributed by atoms with Gasteiger partial charge in [0.1, 0.15) is 17.0 Å². The normalized spacial score (nSPS) is 10.7. The van der Waals surface area contributed by atoms with Crippen LogP contribution in [-0.2, 0) is 0 Å². The summed E-state index contributed by atoms with van der Waals surface area (Å²) in [5.41, 5.74) is 0.286. The van der Waals surface area contributed by atoms with Crippen LogP contribution in [0.2, 0.25) is 5.02 Å². The van der Waals surface area contributed by atoms with E-state index in [0.717, 1.165) is 6.20 Å². The lowest BCUT2D eigenvalue weighted by Crippen LogP contribution is -1.94. The molecule has 0 spiro atoms. The Morgan fingerprint density at radius 2 is 2.19 bits per heavy atom. The Labute approximate surface area is 94.8 Å². The summed E-state index contributed by atoms with van der Waals surface area (Å²) in [5.74, 6) is -0.571. The fourth-order valence-electron chi connectivity index (χ4n) is 1.43. The quantitative estimate of drug-likeness (QED) is 0.568. The third-order valence-electron chi connectivity index (χ3n) is 2.28. The Morgan fingerprint density at radius 3 is 2.81 bits per heavy atom. The highest BCUT2D eigenvalue weighted by molar-refractivity contribution is 6.37. The van der Waals surface area contributed by atoms with Crippen molar-refractivity contribution in [3.63, 3.8) is 0 Å². The van der Waals surface area contributed by atoms with Gasteiger partial charge in [0.2, 0.25) is 0 Å². The molecule has 0 saturated carbocycles. The summed E-state index contributed by atoms with van der Waals surface area (Å²) >= 11 is 5.79. The molecule has 1 aromatic heterocycles. The maximum absolute atomic E-state index is 13.8. The fraction of sp³-hybridized carbons (Fsp3) is 0.100. The molecular weight excluding hydrogens is 235 g/mol. The van der Waals surface area contributed by atoms with Gasteiger partial charge in [-0.15, -0.1) is 0 Å². The lowest BCUT2D eigenvalue weighted by Gasteiger charge is -2.04. The van der Waals surface area contributed by atoms with Crippen LogP contribution in [0.4, 0.5) is 10.1 Å². The second-order valence-electron chi connectivity index (χ2n) is 3.31. The minimum Gasteiger partial charge on any atom is -0.258 e. The zero-order valence-corrected chi connectivity index (χ0v) is 8.95. The summed E-state index contributed by atoms with van der Waals surface area (Å²) in [6.07, 6.45) is 1.03. The molecule has 0 unspecified atom stereocenters. The highest BCUT2D eigenvalue weighted by Gasteiger charge is 2.19. The summed E-state index contributed by atoms with van der Waals surface area (Å²) in [4.78, 5) is 13.7. The van der Waals surface area contributed by atoms with Crippen LogP contribution >= 0.6 is 11.6 Å². The molecule has 0 aliphatic carbocycles. The first-order valence-electron chi connectivity index (χ1n) is 4.40. The Balaban J connectivity index is 2.92. The van der Waals surface area contributed by atoms with Gasteiger partial charge in [-0.25, -0.2) is 9.37 Å². The third-order valence-corrected chi connectivity index (χ3v) is 2.66. The van der Waals surface area contributed by atoms with Crippen molar-refractivity contribution in [3.05, 3.63) is 44.8 Å². The van der Waals surface area contributed by atoms with Crippen LogP contribution in [0.15, 0.2) is 18.3 Å². The lowest BCUT2D eigenvalue weighted by atomic mass is 10.1. The standard InChI is InChI=1S/C10H6ClFN2O2/c1-5-2-3-6-8(10(5)12)9(11)7(4-13-6)14(15)16/h2-4H,1H3. The molecule has 4 nitrogen and oxygen atoms in total. The monoisotopic (exact) mass is 240 g/mol. The van der Waals surface area contributed by atoms with E-state index in [4.69, 9.17) is 11.6 Å². The molecule has 0 atom stereocenters. The molecule has 1 aromatic carbocycles. The Bertz CT molecular complexity index is 601. The number of nitro groups is 1. The molecule has 2 rings (SSSR count). The van der Waals surface area contributed by atoms with Gasteiger partial charge in [-0.05, 0) is 18.6 Å². The molecule has 0 saturated heterocycles. The molecule has 82 valence electrons. The first-order chi connectivity index (χ1) is 7.52. The van der Waals surface area contributed by atoms with Crippen molar-refractivity contribution in [2.75, 3.05) is 0 Å². The van der Waals surface area contributed by atoms with Crippen molar-refractivity contribution in [2.45, 2.75) is 6.92 Å². The van der Waals surface area contributed by atoms with E-state index >= 15 is 0 Å². The molecule has 0 aliphatic heterocycles. The van der Waals surface area contributed by atoms with Crippen molar-refractivity contribution in [1.82, 2.24) is 4.98 Å². The predicted octanol–water partition coefficient (Wildman–Crippen LogP) is 3.24. The Hall–Kier alpha value is -1.75. The number of fused-ring (bicyclic) bond motifs is 1. The number of aromatic nitrogens is 1. The predicted molar refractivity (Wildman–Crippen MR) is 58.1 cm³/mol. The molecule has 0 bridgehead atoms. The van der Waals surface area contributed by atoms with Gasteiger partial charge in [0, 0.05) is 0 Å². The van der Waals surface area contributed by atoms with Gasteiger partial charge >= 0.3 is 5.69 Å². The molecule has 0 aliphatic rings. The van der Waals surface area contributed by atoms with E-state index in [1.165, 1.54) is 0 Å². The number of benzene rings is 1. The van der Waals surface area contributed by atoms with Gasteiger partial charge < -0.3 is 0 Å². The van der Waals surface area contributed by atoms with Crippen molar-refractivity contribution < 1.29 is 9.31 Å². The third kappa shape index (κ3) is 1.49. The van der Waals surface area contributed by atoms with Crippen LogP contribution in [-0.4, -0.2) is 9.91 Å². The highest BCUT2D eigenvalue weighted by Crippen LogP contribution is 2.33. The number of rotatable bonds is 1. The van der Waals surface area contributed by atoms with Crippen LogP contribution < -0.4 is 0 Å². The van der Waals surface area contributed by atoms with E-state index in [1.807, 2.05) is 0 Å². The molecule has 1 heterocycles. The van der Waals surface area contributed by atoms with E-state index in [0.29, 0.717) is 11.1 Å². The van der Waals surface area contributed by atoms with Crippen molar-refractivity contribution in [2.24, 2.45) is 0 Å². The summed E-state index contributed by atoms with van der Waals surface area (Å²) in [6.45, 7) is 1.56. The maximum Gasteiger partial charge on any atom is 0.306 e. The number of nitrogens with zero attached hydrogens (tertiary/aromatic N) is 2. The summed E-state index contributed by atoms with van der Waals surface area (Å²) in [7, 11) is 0. The molecule has 0 amide bonds. The molecule has 16 heavy (non-hydrogen) atoms. The van der Waals surface area contributed by atoms with E-state index < -0.39 is 16.4 Å². The second-order valence-corrected chi connectivity index (χ2v) is 3.68. The number of pyridine rings is 1. The number of aryl methyl sites for hydroxylation is 1. The minimum atomic E-state index is -0.684. The van der Waals surface area contributed by atoms with Gasteiger partial charge in [-0.1, -0.05) is 17.7 Å². The van der Waals surface area contributed by atoms with E-state index in [9.17, 15) is 14.5 Å². The smallest absolute Gasteiger partial charge is 0.258 e. The summed E-state index contributed by atoms with van der Waals surface area (Å²) < 4.78 is 13.8. The van der Waals surface area contributed by atoms with Crippen LogP contribution in [0, 0.1) is 22.9 Å². The van der Waals surface area contributed by atoms with Crippen LogP contribution in [0.25, 0.3) is 10.9 Å². The molecule has 0 radical (unpaired) electrons. The van der Waals surface area contributed by atoms with Crippen molar-refractivity contribution >= 4 is 28.2 Å². The Kier molecular flexibility index (Phi) is 2.47. The molecule has 0 fully saturated rings. The Morgan fingerprint density at radius 1 is 1.50 bits per heavy atom. The second kappa shape index (κ2) is 3.68. The maximum atomic E-state index is 13.8. The molecule has 2 aromatic rings. The van der Waals surface area contributed by atoms with Crippen molar-refractivity contribution in [3.8, 4) is 0 Å². The van der Waals surface area contributed by atoms with Gasteiger partial charge in [-0.3, -0.25) is 10.1 Å². The van der Waals surface area contributed by atoms with Gasteiger partial charge in [-0.2, -0.15) is 0 Å². The summed E-state index contributed by atoms with van der Waals surface area (Å²) in [5, 5.41) is 10.4. The van der Waals surface area contributed by atoms with Crippen LogP contribution in [0.1, 0.15) is 5.56 Å².